The second kappa shape index (κ2) is 9.75. The molecule has 2 amide bonds. The Hall–Kier alpha value is -2.18. The minimum absolute atomic E-state index is 0.0865. The van der Waals surface area contributed by atoms with E-state index in [0.29, 0.717) is 28.8 Å². The van der Waals surface area contributed by atoms with Gasteiger partial charge in [-0.05, 0) is 57.3 Å². The second-order valence-corrected chi connectivity index (χ2v) is 11.2. The number of piperidine rings is 2. The Kier molecular flexibility index (Phi) is 7.46. The number of anilines is 1. The van der Waals surface area contributed by atoms with Crippen LogP contribution < -0.4 is 10.2 Å². The zero-order chi connectivity index (χ0) is 23.5. The van der Waals surface area contributed by atoms with E-state index in [1.807, 2.05) is 13.8 Å². The van der Waals surface area contributed by atoms with Crippen molar-refractivity contribution in [1.82, 2.24) is 20.2 Å². The molecule has 178 valence electrons. The molecule has 3 heterocycles. The number of aromatic nitrogens is 2. The molecule has 0 unspecified atom stereocenters. The van der Waals surface area contributed by atoms with Crippen molar-refractivity contribution in [2.75, 3.05) is 31.1 Å². The van der Waals surface area contributed by atoms with Crippen molar-refractivity contribution in [2.24, 2.45) is 16.7 Å². The van der Waals surface area contributed by atoms with E-state index in [2.05, 4.69) is 52.8 Å². The molecule has 2 aliphatic rings. The molecule has 1 N–H and O–H groups in total. The third-order valence-electron chi connectivity index (χ3n) is 7.04. The van der Waals surface area contributed by atoms with Gasteiger partial charge in [0.2, 0.25) is 11.9 Å². The standard InChI is InChI=1S/C25H41N5O2/c1-18(2)15-24(5,6)22(32)29-11-7-25(8-12-29)9-13-30(14-10-25)23-26-16-20(17-27-23)21(31)28-19(3)4/h16-19H,7-15H2,1-6H3,(H,28,31). The molecule has 3 rings (SSSR count). The molecular weight excluding hydrogens is 402 g/mol. The van der Waals surface area contributed by atoms with Crippen LogP contribution in [-0.2, 0) is 4.79 Å². The first-order chi connectivity index (χ1) is 15.0. The Labute approximate surface area is 193 Å². The summed E-state index contributed by atoms with van der Waals surface area (Å²) in [7, 11) is 0. The number of hydrogen-bond donors (Lipinski definition) is 1. The maximum Gasteiger partial charge on any atom is 0.254 e. The summed E-state index contributed by atoms with van der Waals surface area (Å²) in [5.41, 5.74) is 0.540. The van der Waals surface area contributed by atoms with E-state index in [1.54, 1.807) is 12.4 Å². The van der Waals surface area contributed by atoms with Gasteiger partial charge in [0, 0.05) is 50.0 Å². The third kappa shape index (κ3) is 5.78. The highest BCUT2D eigenvalue weighted by Gasteiger charge is 2.41. The van der Waals surface area contributed by atoms with Gasteiger partial charge in [0.15, 0.2) is 0 Å². The number of nitrogens with zero attached hydrogens (tertiary/aromatic N) is 4. The van der Waals surface area contributed by atoms with Crippen molar-refractivity contribution in [1.29, 1.82) is 0 Å². The topological polar surface area (TPSA) is 78.4 Å². The van der Waals surface area contributed by atoms with E-state index in [-0.39, 0.29) is 17.4 Å². The molecule has 0 aliphatic carbocycles. The normalized spacial score (nSPS) is 19.0. The maximum absolute atomic E-state index is 13.1. The molecule has 2 saturated heterocycles. The second-order valence-electron chi connectivity index (χ2n) is 11.2. The van der Waals surface area contributed by atoms with Gasteiger partial charge in [-0.3, -0.25) is 9.59 Å². The zero-order valence-electron chi connectivity index (χ0n) is 20.8. The van der Waals surface area contributed by atoms with Gasteiger partial charge in [0.05, 0.1) is 5.56 Å². The molecule has 0 bridgehead atoms. The Morgan fingerprint density at radius 2 is 1.53 bits per heavy atom. The van der Waals surface area contributed by atoms with Crippen LogP contribution >= 0.6 is 0 Å². The van der Waals surface area contributed by atoms with Crippen molar-refractivity contribution >= 4 is 17.8 Å². The predicted octanol–water partition coefficient (Wildman–Crippen LogP) is 3.90. The third-order valence-corrected chi connectivity index (χ3v) is 7.04. The van der Waals surface area contributed by atoms with E-state index >= 15 is 0 Å². The number of amides is 2. The van der Waals surface area contributed by atoms with Crippen molar-refractivity contribution in [3.8, 4) is 0 Å². The fourth-order valence-electron chi connectivity index (χ4n) is 5.35. The maximum atomic E-state index is 13.1. The number of likely N-dealkylation sites (tertiary alicyclic amines) is 1. The summed E-state index contributed by atoms with van der Waals surface area (Å²) in [4.78, 5) is 38.4. The summed E-state index contributed by atoms with van der Waals surface area (Å²) < 4.78 is 0. The van der Waals surface area contributed by atoms with Crippen molar-refractivity contribution in [2.45, 2.75) is 79.7 Å². The lowest BCUT2D eigenvalue weighted by molar-refractivity contribution is -0.144. The summed E-state index contributed by atoms with van der Waals surface area (Å²) >= 11 is 0. The summed E-state index contributed by atoms with van der Waals surface area (Å²) in [6.45, 7) is 16.0. The fraction of sp³-hybridized carbons (Fsp3) is 0.760. The summed E-state index contributed by atoms with van der Waals surface area (Å²) in [6, 6.07) is 0.0865. The van der Waals surface area contributed by atoms with Gasteiger partial charge in [-0.1, -0.05) is 27.7 Å². The molecule has 1 aromatic heterocycles. The van der Waals surface area contributed by atoms with E-state index in [9.17, 15) is 9.59 Å². The van der Waals surface area contributed by atoms with E-state index < -0.39 is 0 Å². The van der Waals surface area contributed by atoms with Crippen molar-refractivity contribution in [3.63, 3.8) is 0 Å². The Morgan fingerprint density at radius 3 is 2.03 bits per heavy atom. The first kappa shape index (κ1) is 24.5. The van der Waals surface area contributed by atoms with E-state index in [1.165, 1.54) is 0 Å². The van der Waals surface area contributed by atoms with Gasteiger partial charge in [0.25, 0.3) is 5.91 Å². The van der Waals surface area contributed by atoms with Crippen LogP contribution in [0.15, 0.2) is 12.4 Å². The van der Waals surface area contributed by atoms with E-state index in [0.717, 1.165) is 58.3 Å². The minimum Gasteiger partial charge on any atom is -0.350 e. The SMILES string of the molecule is CC(C)CC(C)(C)C(=O)N1CCC2(CC1)CCN(c1ncc(C(=O)NC(C)C)cn1)CC2. The lowest BCUT2D eigenvalue weighted by Crippen LogP contribution is -2.51. The minimum atomic E-state index is -0.280. The zero-order valence-corrected chi connectivity index (χ0v) is 20.8. The van der Waals surface area contributed by atoms with Crippen LogP contribution in [0.3, 0.4) is 0 Å². The number of carbonyl (C=O) groups is 2. The molecule has 0 aromatic carbocycles. The van der Waals surface area contributed by atoms with Gasteiger partial charge in [-0.2, -0.15) is 0 Å². The molecule has 0 saturated carbocycles. The Morgan fingerprint density at radius 1 is 1.00 bits per heavy atom. The van der Waals surface area contributed by atoms with Crippen molar-refractivity contribution < 1.29 is 9.59 Å². The first-order valence-electron chi connectivity index (χ1n) is 12.2. The Balaban J connectivity index is 1.52. The smallest absolute Gasteiger partial charge is 0.254 e. The molecule has 32 heavy (non-hydrogen) atoms. The molecule has 0 radical (unpaired) electrons. The van der Waals surface area contributed by atoms with Crippen LogP contribution in [0.25, 0.3) is 0 Å². The summed E-state index contributed by atoms with van der Waals surface area (Å²) in [5, 5.41) is 2.87. The molecular formula is C25H41N5O2. The molecule has 7 heteroatoms. The van der Waals surface area contributed by atoms with E-state index in [4.69, 9.17) is 0 Å². The molecule has 1 aromatic rings. The number of carbonyl (C=O) groups excluding carboxylic acids is 2. The summed E-state index contributed by atoms with van der Waals surface area (Å²) in [6.07, 6.45) is 8.53. The monoisotopic (exact) mass is 443 g/mol. The number of nitrogens with one attached hydrogen (secondary N) is 1. The van der Waals surface area contributed by atoms with Crippen LogP contribution in [0.1, 0.15) is 84.0 Å². The van der Waals surface area contributed by atoms with Crippen LogP contribution in [-0.4, -0.2) is 58.9 Å². The molecule has 0 atom stereocenters. The highest BCUT2D eigenvalue weighted by atomic mass is 16.2. The number of rotatable bonds is 6. The Bertz CT molecular complexity index is 785. The highest BCUT2D eigenvalue weighted by Crippen LogP contribution is 2.42. The average Bonchev–Trinajstić information content (AvgIpc) is 2.73. The van der Waals surface area contributed by atoms with Gasteiger partial charge in [0.1, 0.15) is 0 Å². The van der Waals surface area contributed by atoms with Crippen LogP contribution in [0.5, 0.6) is 0 Å². The first-order valence-corrected chi connectivity index (χ1v) is 12.2. The van der Waals surface area contributed by atoms with Gasteiger partial charge in [-0.15, -0.1) is 0 Å². The quantitative estimate of drug-likeness (QED) is 0.721. The van der Waals surface area contributed by atoms with Crippen molar-refractivity contribution in [3.05, 3.63) is 18.0 Å². The molecule has 2 fully saturated rings. The van der Waals surface area contributed by atoms with Gasteiger partial charge in [-0.25, -0.2) is 9.97 Å². The van der Waals surface area contributed by atoms with Crippen LogP contribution in [0.2, 0.25) is 0 Å². The van der Waals surface area contributed by atoms with Crippen LogP contribution in [0, 0.1) is 16.7 Å². The van der Waals surface area contributed by atoms with Crippen LogP contribution in [0.4, 0.5) is 5.95 Å². The largest absolute Gasteiger partial charge is 0.350 e. The molecule has 1 spiro atoms. The number of hydrogen-bond acceptors (Lipinski definition) is 5. The van der Waals surface area contributed by atoms with Gasteiger partial charge < -0.3 is 15.1 Å². The lowest BCUT2D eigenvalue weighted by atomic mass is 9.70. The molecule has 7 nitrogen and oxygen atoms in total. The lowest BCUT2D eigenvalue weighted by Gasteiger charge is -2.48. The average molecular weight is 444 g/mol. The highest BCUT2D eigenvalue weighted by molar-refractivity contribution is 5.93. The van der Waals surface area contributed by atoms with Gasteiger partial charge >= 0.3 is 0 Å². The fourth-order valence-corrected chi connectivity index (χ4v) is 5.35. The predicted molar refractivity (Wildman–Crippen MR) is 128 cm³/mol. The summed E-state index contributed by atoms with van der Waals surface area (Å²) in [5.74, 6) is 1.40. The molecule has 2 aliphatic heterocycles.